The topological polar surface area (TPSA) is 69.7 Å². The van der Waals surface area contributed by atoms with Gasteiger partial charge < -0.3 is 10.2 Å². The van der Waals surface area contributed by atoms with Crippen LogP contribution in [0.1, 0.15) is 27.0 Å². The SMILES string of the molecule is O=C(c1ccccc1CN1C(=O)CNC1=O)N1CCc2ccccc2C1. The Labute approximate surface area is 151 Å². The molecule has 1 fully saturated rings. The Balaban J connectivity index is 1.57. The Hall–Kier alpha value is -3.15. The van der Waals surface area contributed by atoms with Crippen LogP contribution in [0.3, 0.4) is 0 Å². The number of fused-ring (bicyclic) bond motifs is 1. The van der Waals surface area contributed by atoms with Gasteiger partial charge in [0, 0.05) is 18.7 Å². The summed E-state index contributed by atoms with van der Waals surface area (Å²) < 4.78 is 0. The fraction of sp³-hybridized carbons (Fsp3) is 0.250. The van der Waals surface area contributed by atoms with E-state index in [0.717, 1.165) is 11.3 Å². The summed E-state index contributed by atoms with van der Waals surface area (Å²) in [4.78, 5) is 39.7. The van der Waals surface area contributed by atoms with Crippen molar-refractivity contribution >= 4 is 17.8 Å². The van der Waals surface area contributed by atoms with E-state index in [0.29, 0.717) is 24.2 Å². The van der Waals surface area contributed by atoms with Crippen LogP contribution in [-0.4, -0.2) is 40.7 Å². The Kier molecular flexibility index (Phi) is 4.16. The molecule has 26 heavy (non-hydrogen) atoms. The molecule has 0 unspecified atom stereocenters. The second-order valence-corrected chi connectivity index (χ2v) is 6.54. The minimum atomic E-state index is -0.413. The molecule has 0 radical (unpaired) electrons. The molecule has 0 saturated carbocycles. The molecule has 1 N–H and O–H groups in total. The quantitative estimate of drug-likeness (QED) is 0.861. The van der Waals surface area contributed by atoms with E-state index in [-0.39, 0.29) is 24.9 Å². The maximum absolute atomic E-state index is 13.1. The molecular weight excluding hydrogens is 330 g/mol. The average Bonchev–Trinajstić information content (AvgIpc) is 2.99. The molecule has 0 aliphatic carbocycles. The van der Waals surface area contributed by atoms with E-state index < -0.39 is 6.03 Å². The van der Waals surface area contributed by atoms with Gasteiger partial charge in [-0.25, -0.2) is 4.79 Å². The van der Waals surface area contributed by atoms with Gasteiger partial charge in [0.05, 0.1) is 13.1 Å². The largest absolute Gasteiger partial charge is 0.334 e. The molecule has 4 amide bonds. The summed E-state index contributed by atoms with van der Waals surface area (Å²) in [5.41, 5.74) is 3.67. The number of benzene rings is 2. The fourth-order valence-electron chi connectivity index (χ4n) is 3.49. The lowest BCUT2D eigenvalue weighted by molar-refractivity contribution is -0.125. The van der Waals surface area contributed by atoms with E-state index in [1.807, 2.05) is 29.2 Å². The van der Waals surface area contributed by atoms with Crippen molar-refractivity contribution < 1.29 is 14.4 Å². The number of carbonyl (C=O) groups excluding carboxylic acids is 3. The lowest BCUT2D eigenvalue weighted by Crippen LogP contribution is -2.37. The molecule has 2 aromatic carbocycles. The first-order valence-corrected chi connectivity index (χ1v) is 8.65. The fourth-order valence-corrected chi connectivity index (χ4v) is 3.49. The number of nitrogens with zero attached hydrogens (tertiary/aromatic N) is 2. The van der Waals surface area contributed by atoms with E-state index >= 15 is 0 Å². The van der Waals surface area contributed by atoms with Crippen LogP contribution in [0.5, 0.6) is 0 Å². The van der Waals surface area contributed by atoms with Crippen molar-refractivity contribution in [2.24, 2.45) is 0 Å². The summed E-state index contributed by atoms with van der Waals surface area (Å²) in [5.74, 6) is -0.341. The highest BCUT2D eigenvalue weighted by Gasteiger charge is 2.30. The Morgan fingerprint density at radius 3 is 2.50 bits per heavy atom. The molecule has 2 heterocycles. The van der Waals surface area contributed by atoms with Gasteiger partial charge in [0.25, 0.3) is 5.91 Å². The molecule has 2 aromatic rings. The molecule has 1 saturated heterocycles. The lowest BCUT2D eigenvalue weighted by Gasteiger charge is -2.29. The highest BCUT2D eigenvalue weighted by Crippen LogP contribution is 2.22. The minimum absolute atomic E-state index is 0.0118. The van der Waals surface area contributed by atoms with Crippen LogP contribution in [-0.2, 0) is 24.3 Å². The van der Waals surface area contributed by atoms with Gasteiger partial charge in [-0.05, 0) is 29.2 Å². The summed E-state index contributed by atoms with van der Waals surface area (Å²) >= 11 is 0. The second-order valence-electron chi connectivity index (χ2n) is 6.54. The Morgan fingerprint density at radius 2 is 1.73 bits per heavy atom. The van der Waals surface area contributed by atoms with E-state index in [9.17, 15) is 14.4 Å². The average molecular weight is 349 g/mol. The van der Waals surface area contributed by atoms with Gasteiger partial charge in [-0.1, -0.05) is 42.5 Å². The molecule has 6 heteroatoms. The van der Waals surface area contributed by atoms with Crippen LogP contribution >= 0.6 is 0 Å². The number of hydrogen-bond donors (Lipinski definition) is 1. The number of hydrogen-bond acceptors (Lipinski definition) is 3. The van der Waals surface area contributed by atoms with Crippen molar-refractivity contribution in [1.29, 1.82) is 0 Å². The highest BCUT2D eigenvalue weighted by atomic mass is 16.2. The summed E-state index contributed by atoms with van der Waals surface area (Å²) in [6.07, 6.45) is 0.830. The molecule has 6 nitrogen and oxygen atoms in total. The molecule has 4 rings (SSSR count). The van der Waals surface area contributed by atoms with E-state index in [2.05, 4.69) is 11.4 Å². The van der Waals surface area contributed by atoms with E-state index in [1.54, 1.807) is 18.2 Å². The third-order valence-electron chi connectivity index (χ3n) is 4.93. The molecule has 0 atom stereocenters. The predicted molar refractivity (Wildman–Crippen MR) is 95.3 cm³/mol. The molecule has 0 spiro atoms. The summed E-state index contributed by atoms with van der Waals surface area (Å²) in [6, 6.07) is 14.9. The van der Waals surface area contributed by atoms with Gasteiger partial charge in [-0.15, -0.1) is 0 Å². The molecule has 132 valence electrons. The summed E-state index contributed by atoms with van der Waals surface area (Å²) in [7, 11) is 0. The van der Waals surface area contributed by atoms with Gasteiger partial charge in [0.2, 0.25) is 5.91 Å². The van der Waals surface area contributed by atoms with Gasteiger partial charge in [-0.3, -0.25) is 14.5 Å². The first-order valence-electron chi connectivity index (χ1n) is 8.65. The van der Waals surface area contributed by atoms with Crippen LogP contribution in [0.25, 0.3) is 0 Å². The summed E-state index contributed by atoms with van der Waals surface area (Å²) in [6.45, 7) is 1.36. The molecule has 0 aromatic heterocycles. The van der Waals surface area contributed by atoms with Crippen molar-refractivity contribution in [2.75, 3.05) is 13.1 Å². The maximum Gasteiger partial charge on any atom is 0.324 e. The number of amides is 4. The van der Waals surface area contributed by atoms with Gasteiger partial charge in [0.1, 0.15) is 0 Å². The van der Waals surface area contributed by atoms with Crippen molar-refractivity contribution in [3.8, 4) is 0 Å². The zero-order valence-corrected chi connectivity index (χ0v) is 14.3. The monoisotopic (exact) mass is 349 g/mol. The van der Waals surface area contributed by atoms with Gasteiger partial charge in [0.15, 0.2) is 0 Å². The van der Waals surface area contributed by atoms with Gasteiger partial charge >= 0.3 is 6.03 Å². The number of imide groups is 1. The van der Waals surface area contributed by atoms with E-state index in [1.165, 1.54) is 11.1 Å². The first kappa shape index (κ1) is 16.3. The molecular formula is C20H19N3O3. The number of carbonyl (C=O) groups is 3. The predicted octanol–water partition coefficient (Wildman–Crippen LogP) is 1.94. The van der Waals surface area contributed by atoms with Crippen LogP contribution in [0, 0.1) is 0 Å². The van der Waals surface area contributed by atoms with Crippen molar-refractivity contribution in [1.82, 2.24) is 15.1 Å². The van der Waals surface area contributed by atoms with Crippen molar-refractivity contribution in [3.05, 3.63) is 70.8 Å². The Bertz CT molecular complexity index is 877. The van der Waals surface area contributed by atoms with Crippen LogP contribution in [0.4, 0.5) is 4.79 Å². The zero-order valence-electron chi connectivity index (χ0n) is 14.3. The number of nitrogens with one attached hydrogen (secondary N) is 1. The normalized spacial score (nSPS) is 16.5. The smallest absolute Gasteiger partial charge is 0.324 e. The van der Waals surface area contributed by atoms with E-state index in [4.69, 9.17) is 0 Å². The molecule has 0 bridgehead atoms. The second kappa shape index (κ2) is 6.63. The lowest BCUT2D eigenvalue weighted by atomic mass is 9.98. The van der Waals surface area contributed by atoms with Crippen LogP contribution in [0.2, 0.25) is 0 Å². The highest BCUT2D eigenvalue weighted by molar-refractivity contribution is 6.02. The molecule has 2 aliphatic rings. The minimum Gasteiger partial charge on any atom is -0.334 e. The molecule has 2 aliphatic heterocycles. The van der Waals surface area contributed by atoms with Crippen LogP contribution < -0.4 is 5.32 Å². The maximum atomic E-state index is 13.1. The standard InChI is InChI=1S/C20H19N3O3/c24-18-11-21-20(26)23(18)13-16-7-3-4-8-17(16)19(25)22-10-9-14-5-1-2-6-15(14)12-22/h1-8H,9-13H2,(H,21,26). The van der Waals surface area contributed by atoms with Crippen molar-refractivity contribution in [3.63, 3.8) is 0 Å². The first-order chi connectivity index (χ1) is 12.6. The van der Waals surface area contributed by atoms with Crippen molar-refractivity contribution in [2.45, 2.75) is 19.5 Å². The number of urea groups is 1. The van der Waals surface area contributed by atoms with Crippen LogP contribution in [0.15, 0.2) is 48.5 Å². The summed E-state index contributed by atoms with van der Waals surface area (Å²) in [5, 5.41) is 2.50. The number of rotatable bonds is 3. The third-order valence-corrected chi connectivity index (χ3v) is 4.93. The third kappa shape index (κ3) is 2.94. The van der Waals surface area contributed by atoms with Gasteiger partial charge in [-0.2, -0.15) is 0 Å². The Morgan fingerprint density at radius 1 is 1.00 bits per heavy atom. The zero-order chi connectivity index (χ0) is 18.1.